The Kier molecular flexibility index (Phi) is 4.46. The molecule has 2 aromatic heterocycles. The number of nitrogens with zero attached hydrogens (tertiary/aromatic N) is 2. The first-order chi connectivity index (χ1) is 10.6. The maximum absolute atomic E-state index is 12.9. The lowest BCUT2D eigenvalue weighted by Gasteiger charge is -2.15. The van der Waals surface area contributed by atoms with E-state index < -0.39 is 34.7 Å². The predicted molar refractivity (Wildman–Crippen MR) is 75.0 cm³/mol. The number of hydrogen-bond acceptors (Lipinski definition) is 4. The Morgan fingerprint density at radius 2 is 1.96 bits per heavy atom. The van der Waals surface area contributed by atoms with Gasteiger partial charge in [-0.15, -0.1) is 0 Å². The Morgan fingerprint density at radius 1 is 1.30 bits per heavy atom. The van der Waals surface area contributed by atoms with Crippen LogP contribution in [0.4, 0.5) is 13.2 Å². The molecule has 2 aromatic rings. The standard InChI is InChI=1S/C14H10ClF3N2O3/c1-6-8(14(16,17)18)5-19-12(11(6)13(21)22)23-9-3-4-10(15)20-7(9)2/h3-5H,1-2H3,(H,21,22). The number of carbonyl (C=O) groups is 1. The summed E-state index contributed by atoms with van der Waals surface area (Å²) >= 11 is 5.70. The first kappa shape index (κ1) is 17.0. The quantitative estimate of drug-likeness (QED) is 0.841. The molecule has 0 aromatic carbocycles. The molecule has 0 aliphatic carbocycles. The number of aromatic nitrogens is 2. The van der Waals surface area contributed by atoms with Crippen LogP contribution in [0.1, 0.15) is 27.2 Å². The van der Waals surface area contributed by atoms with Crippen LogP contribution in [0.3, 0.4) is 0 Å². The summed E-state index contributed by atoms with van der Waals surface area (Å²) in [6.07, 6.45) is -4.17. The fraction of sp³-hybridized carbons (Fsp3) is 0.214. The van der Waals surface area contributed by atoms with Gasteiger partial charge in [0.1, 0.15) is 10.7 Å². The van der Waals surface area contributed by atoms with Crippen molar-refractivity contribution in [2.24, 2.45) is 0 Å². The zero-order valence-electron chi connectivity index (χ0n) is 11.9. The summed E-state index contributed by atoms with van der Waals surface area (Å²) in [5, 5.41) is 9.40. The first-order valence-corrected chi connectivity index (χ1v) is 6.60. The molecule has 5 nitrogen and oxygen atoms in total. The number of pyridine rings is 2. The summed E-state index contributed by atoms with van der Waals surface area (Å²) < 4.78 is 43.9. The molecule has 0 saturated heterocycles. The zero-order valence-corrected chi connectivity index (χ0v) is 12.7. The van der Waals surface area contributed by atoms with Gasteiger partial charge < -0.3 is 9.84 Å². The molecule has 0 bridgehead atoms. The van der Waals surface area contributed by atoms with E-state index in [0.717, 1.165) is 6.92 Å². The van der Waals surface area contributed by atoms with Gasteiger partial charge in [0.2, 0.25) is 5.88 Å². The van der Waals surface area contributed by atoms with Crippen molar-refractivity contribution in [3.05, 3.63) is 45.9 Å². The van der Waals surface area contributed by atoms with E-state index in [1.165, 1.54) is 12.1 Å². The molecule has 0 radical (unpaired) electrons. The van der Waals surface area contributed by atoms with Gasteiger partial charge in [0, 0.05) is 6.20 Å². The van der Waals surface area contributed by atoms with Crippen LogP contribution in [0.2, 0.25) is 5.15 Å². The average Bonchev–Trinajstić information content (AvgIpc) is 2.40. The molecule has 0 unspecified atom stereocenters. The van der Waals surface area contributed by atoms with Crippen molar-refractivity contribution in [1.82, 2.24) is 9.97 Å². The van der Waals surface area contributed by atoms with Crippen LogP contribution in [0.5, 0.6) is 11.6 Å². The lowest BCUT2D eigenvalue weighted by molar-refractivity contribution is -0.138. The molecule has 0 saturated carbocycles. The van der Waals surface area contributed by atoms with Crippen LogP contribution in [0, 0.1) is 13.8 Å². The normalized spacial score (nSPS) is 11.4. The van der Waals surface area contributed by atoms with Crippen molar-refractivity contribution in [3.63, 3.8) is 0 Å². The van der Waals surface area contributed by atoms with Crippen molar-refractivity contribution in [3.8, 4) is 11.6 Å². The highest BCUT2D eigenvalue weighted by Gasteiger charge is 2.36. The maximum Gasteiger partial charge on any atom is 0.418 e. The Labute approximate surface area is 133 Å². The number of ether oxygens (including phenoxy) is 1. The number of halogens is 4. The monoisotopic (exact) mass is 346 g/mol. The van der Waals surface area contributed by atoms with E-state index in [1.807, 2.05) is 0 Å². The van der Waals surface area contributed by atoms with Crippen LogP contribution in [-0.2, 0) is 6.18 Å². The third kappa shape index (κ3) is 3.53. The van der Waals surface area contributed by atoms with Gasteiger partial charge in [0.25, 0.3) is 0 Å². The number of aryl methyl sites for hydroxylation is 1. The lowest BCUT2D eigenvalue weighted by atomic mass is 10.1. The molecular formula is C14H10ClF3N2O3. The largest absolute Gasteiger partial charge is 0.477 e. The second kappa shape index (κ2) is 6.04. The highest BCUT2D eigenvalue weighted by molar-refractivity contribution is 6.29. The van der Waals surface area contributed by atoms with Gasteiger partial charge in [0.05, 0.1) is 11.3 Å². The first-order valence-electron chi connectivity index (χ1n) is 6.22. The van der Waals surface area contributed by atoms with E-state index >= 15 is 0 Å². The minimum absolute atomic E-state index is 0.142. The Balaban J connectivity index is 2.55. The highest BCUT2D eigenvalue weighted by Crippen LogP contribution is 2.36. The molecule has 122 valence electrons. The summed E-state index contributed by atoms with van der Waals surface area (Å²) in [6.45, 7) is 2.60. The average molecular weight is 347 g/mol. The number of carboxylic acid groups (broad SMARTS) is 1. The summed E-state index contributed by atoms with van der Waals surface area (Å²) in [5.41, 5.74) is -1.93. The molecule has 0 spiro atoms. The molecule has 2 rings (SSSR count). The fourth-order valence-corrected chi connectivity index (χ4v) is 2.11. The Bertz CT molecular complexity index is 779. The topological polar surface area (TPSA) is 72.3 Å². The molecule has 0 fully saturated rings. The van der Waals surface area contributed by atoms with Crippen LogP contribution >= 0.6 is 11.6 Å². The summed E-state index contributed by atoms with van der Waals surface area (Å²) in [4.78, 5) is 18.7. The zero-order chi connectivity index (χ0) is 17.4. The third-order valence-corrected chi connectivity index (χ3v) is 3.24. The van der Waals surface area contributed by atoms with Gasteiger partial charge in [-0.3, -0.25) is 0 Å². The van der Waals surface area contributed by atoms with Crippen LogP contribution in [0.15, 0.2) is 18.3 Å². The predicted octanol–water partition coefficient (Wildman–Crippen LogP) is 4.26. The second-order valence-corrected chi connectivity index (χ2v) is 4.99. The number of alkyl halides is 3. The molecular weight excluding hydrogens is 337 g/mol. The van der Waals surface area contributed by atoms with E-state index in [2.05, 4.69) is 9.97 Å². The second-order valence-electron chi connectivity index (χ2n) is 4.60. The number of hydrogen-bond donors (Lipinski definition) is 1. The molecule has 9 heteroatoms. The molecule has 0 atom stereocenters. The molecule has 0 aliphatic rings. The Morgan fingerprint density at radius 3 is 2.48 bits per heavy atom. The fourth-order valence-electron chi connectivity index (χ4n) is 1.92. The van der Waals surface area contributed by atoms with Crippen LogP contribution in [0.25, 0.3) is 0 Å². The Hall–Kier alpha value is -2.35. The van der Waals surface area contributed by atoms with Crippen molar-refractivity contribution in [2.75, 3.05) is 0 Å². The highest BCUT2D eigenvalue weighted by atomic mass is 35.5. The SMILES string of the molecule is Cc1nc(Cl)ccc1Oc1ncc(C(F)(F)F)c(C)c1C(=O)O. The number of rotatable bonds is 3. The van der Waals surface area contributed by atoms with E-state index in [1.54, 1.807) is 6.92 Å². The van der Waals surface area contributed by atoms with E-state index in [9.17, 15) is 23.1 Å². The smallest absolute Gasteiger partial charge is 0.418 e. The molecule has 0 amide bonds. The van der Waals surface area contributed by atoms with Crippen molar-refractivity contribution in [1.29, 1.82) is 0 Å². The van der Waals surface area contributed by atoms with Gasteiger partial charge in [-0.1, -0.05) is 11.6 Å². The molecule has 2 heterocycles. The van der Waals surface area contributed by atoms with Gasteiger partial charge in [-0.05, 0) is 31.5 Å². The van der Waals surface area contributed by atoms with Gasteiger partial charge in [0.15, 0.2) is 5.75 Å². The van der Waals surface area contributed by atoms with Gasteiger partial charge >= 0.3 is 12.1 Å². The third-order valence-electron chi connectivity index (χ3n) is 3.03. The van der Waals surface area contributed by atoms with Crippen molar-refractivity contribution < 1.29 is 27.8 Å². The molecule has 0 aliphatic heterocycles. The minimum Gasteiger partial charge on any atom is -0.477 e. The summed E-state index contributed by atoms with van der Waals surface area (Å²) in [5.74, 6) is -1.88. The minimum atomic E-state index is -4.71. The van der Waals surface area contributed by atoms with Crippen molar-refractivity contribution in [2.45, 2.75) is 20.0 Å². The summed E-state index contributed by atoms with van der Waals surface area (Å²) in [7, 11) is 0. The lowest BCUT2D eigenvalue weighted by Crippen LogP contribution is -2.14. The van der Waals surface area contributed by atoms with Crippen LogP contribution in [-0.4, -0.2) is 21.0 Å². The van der Waals surface area contributed by atoms with E-state index in [0.29, 0.717) is 11.9 Å². The van der Waals surface area contributed by atoms with Gasteiger partial charge in [-0.2, -0.15) is 13.2 Å². The number of aromatic carboxylic acids is 1. The summed E-state index contributed by atoms with van der Waals surface area (Å²) in [6, 6.07) is 2.83. The van der Waals surface area contributed by atoms with E-state index in [4.69, 9.17) is 16.3 Å². The van der Waals surface area contributed by atoms with Crippen LogP contribution < -0.4 is 4.74 Å². The van der Waals surface area contributed by atoms with Gasteiger partial charge in [-0.25, -0.2) is 14.8 Å². The van der Waals surface area contributed by atoms with E-state index in [-0.39, 0.29) is 10.9 Å². The maximum atomic E-state index is 12.9. The van der Waals surface area contributed by atoms with Crippen molar-refractivity contribution >= 4 is 17.6 Å². The molecule has 23 heavy (non-hydrogen) atoms. The number of carboxylic acids is 1. The molecule has 1 N–H and O–H groups in total.